The summed E-state index contributed by atoms with van der Waals surface area (Å²) in [5.74, 6) is -0.993. The summed E-state index contributed by atoms with van der Waals surface area (Å²) in [5.41, 5.74) is 6.09. The van der Waals surface area contributed by atoms with Gasteiger partial charge in [-0.05, 0) is 31.2 Å². The number of carboxylic acids is 1. The highest BCUT2D eigenvalue weighted by molar-refractivity contribution is 6.31. The summed E-state index contributed by atoms with van der Waals surface area (Å²) in [6, 6.07) is 4.73. The summed E-state index contributed by atoms with van der Waals surface area (Å²) in [6.07, 6.45) is 0.793. The second-order valence-electron chi connectivity index (χ2n) is 3.06. The molecule has 0 amide bonds. The number of hydrogen-bond acceptors (Lipinski definition) is 3. The zero-order valence-corrected chi connectivity index (χ0v) is 8.92. The quantitative estimate of drug-likeness (QED) is 0.672. The fraction of sp³-hybridized carbons (Fsp3) is 0.300. The highest BCUT2D eigenvalue weighted by Crippen LogP contribution is 2.20. The molecule has 0 aromatic heterocycles. The van der Waals surface area contributed by atoms with Crippen LogP contribution in [0.25, 0.3) is 0 Å². The van der Waals surface area contributed by atoms with E-state index in [0.29, 0.717) is 23.8 Å². The second-order valence-corrected chi connectivity index (χ2v) is 3.50. The molecule has 0 fully saturated rings. The zero-order chi connectivity index (χ0) is 11.3. The molecule has 15 heavy (non-hydrogen) atoms. The van der Waals surface area contributed by atoms with Crippen LogP contribution in [0.4, 0.5) is 5.69 Å². The van der Waals surface area contributed by atoms with Crippen molar-refractivity contribution < 1.29 is 9.90 Å². The average molecular weight is 229 g/mol. The standard InChI is InChI=1S/C10H13ClN2O2/c11-7-2-3-9(13-5-1-4-12)8(6-7)10(14)15/h2-3,6,13H,1,4-5,12H2,(H,14,15). The summed E-state index contributed by atoms with van der Waals surface area (Å²) in [5, 5.41) is 12.3. The van der Waals surface area contributed by atoms with Crippen LogP contribution in [0.15, 0.2) is 18.2 Å². The van der Waals surface area contributed by atoms with Crippen LogP contribution in [0.1, 0.15) is 16.8 Å². The number of nitrogens with two attached hydrogens (primary N) is 1. The van der Waals surface area contributed by atoms with Crippen molar-refractivity contribution in [2.75, 3.05) is 18.4 Å². The third-order valence-corrected chi connectivity index (χ3v) is 2.14. The van der Waals surface area contributed by atoms with Crippen molar-refractivity contribution in [3.63, 3.8) is 0 Å². The maximum atomic E-state index is 10.9. The van der Waals surface area contributed by atoms with Crippen molar-refractivity contribution >= 4 is 23.3 Å². The van der Waals surface area contributed by atoms with Gasteiger partial charge in [-0.3, -0.25) is 0 Å². The van der Waals surface area contributed by atoms with Gasteiger partial charge in [-0.25, -0.2) is 4.79 Å². The van der Waals surface area contributed by atoms with Crippen LogP contribution in [-0.4, -0.2) is 24.2 Å². The topological polar surface area (TPSA) is 75.3 Å². The number of halogens is 1. The molecule has 82 valence electrons. The lowest BCUT2D eigenvalue weighted by atomic mass is 10.2. The zero-order valence-electron chi connectivity index (χ0n) is 8.16. The van der Waals surface area contributed by atoms with Crippen LogP contribution < -0.4 is 11.1 Å². The lowest BCUT2D eigenvalue weighted by Gasteiger charge is -2.08. The molecular formula is C10H13ClN2O2. The maximum absolute atomic E-state index is 10.9. The van der Waals surface area contributed by atoms with E-state index in [9.17, 15) is 4.79 Å². The number of rotatable bonds is 5. The SMILES string of the molecule is NCCCNc1ccc(Cl)cc1C(=O)O. The van der Waals surface area contributed by atoms with Crippen LogP contribution in [-0.2, 0) is 0 Å². The number of benzene rings is 1. The van der Waals surface area contributed by atoms with E-state index >= 15 is 0 Å². The molecule has 0 saturated carbocycles. The molecule has 0 aliphatic rings. The molecule has 1 aromatic rings. The number of aromatic carboxylic acids is 1. The Kier molecular flexibility index (Phi) is 4.39. The van der Waals surface area contributed by atoms with Crippen molar-refractivity contribution in [2.45, 2.75) is 6.42 Å². The highest BCUT2D eigenvalue weighted by Gasteiger charge is 2.09. The largest absolute Gasteiger partial charge is 0.478 e. The third-order valence-electron chi connectivity index (χ3n) is 1.91. The minimum atomic E-state index is -0.993. The fourth-order valence-corrected chi connectivity index (χ4v) is 1.34. The lowest BCUT2D eigenvalue weighted by molar-refractivity contribution is 0.0698. The molecular weight excluding hydrogens is 216 g/mol. The molecule has 0 radical (unpaired) electrons. The molecule has 0 spiro atoms. The van der Waals surface area contributed by atoms with E-state index in [2.05, 4.69) is 5.32 Å². The molecule has 0 aliphatic heterocycles. The van der Waals surface area contributed by atoms with Crippen molar-refractivity contribution in [1.82, 2.24) is 0 Å². The van der Waals surface area contributed by atoms with E-state index in [1.165, 1.54) is 6.07 Å². The van der Waals surface area contributed by atoms with Gasteiger partial charge in [0.1, 0.15) is 0 Å². The summed E-state index contributed by atoms with van der Waals surface area (Å²) in [7, 11) is 0. The third kappa shape index (κ3) is 3.42. The van der Waals surface area contributed by atoms with Gasteiger partial charge in [0.05, 0.1) is 5.56 Å². The summed E-state index contributed by atoms with van der Waals surface area (Å²) in [6.45, 7) is 1.22. The van der Waals surface area contributed by atoms with Gasteiger partial charge in [-0.1, -0.05) is 11.6 Å². The minimum absolute atomic E-state index is 0.180. The predicted molar refractivity (Wildman–Crippen MR) is 60.6 cm³/mol. The summed E-state index contributed by atoms with van der Waals surface area (Å²) < 4.78 is 0. The van der Waals surface area contributed by atoms with Gasteiger partial charge in [0, 0.05) is 17.3 Å². The molecule has 0 aliphatic carbocycles. The van der Waals surface area contributed by atoms with Gasteiger partial charge in [0.25, 0.3) is 0 Å². The Morgan fingerprint density at radius 1 is 1.53 bits per heavy atom. The van der Waals surface area contributed by atoms with Crippen LogP contribution in [0.5, 0.6) is 0 Å². The molecule has 4 N–H and O–H groups in total. The Balaban J connectivity index is 2.81. The monoisotopic (exact) mass is 228 g/mol. The highest BCUT2D eigenvalue weighted by atomic mass is 35.5. The van der Waals surface area contributed by atoms with Crippen LogP contribution in [0.2, 0.25) is 5.02 Å². The van der Waals surface area contributed by atoms with Crippen LogP contribution in [0, 0.1) is 0 Å². The minimum Gasteiger partial charge on any atom is -0.478 e. The molecule has 1 aromatic carbocycles. The fourth-order valence-electron chi connectivity index (χ4n) is 1.17. The Hall–Kier alpha value is -1.26. The van der Waals surface area contributed by atoms with Gasteiger partial charge in [-0.2, -0.15) is 0 Å². The van der Waals surface area contributed by atoms with E-state index in [4.69, 9.17) is 22.4 Å². The molecule has 0 atom stereocenters. The Bertz CT molecular complexity index is 355. The molecule has 0 heterocycles. The molecule has 4 nitrogen and oxygen atoms in total. The Morgan fingerprint density at radius 3 is 2.87 bits per heavy atom. The van der Waals surface area contributed by atoms with E-state index in [1.54, 1.807) is 12.1 Å². The van der Waals surface area contributed by atoms with Crippen molar-refractivity contribution in [3.8, 4) is 0 Å². The predicted octanol–water partition coefficient (Wildman–Crippen LogP) is 1.80. The molecule has 0 bridgehead atoms. The first-order valence-corrected chi connectivity index (χ1v) is 4.99. The van der Waals surface area contributed by atoms with Gasteiger partial charge < -0.3 is 16.2 Å². The molecule has 0 saturated heterocycles. The van der Waals surface area contributed by atoms with Gasteiger partial charge in [-0.15, -0.1) is 0 Å². The van der Waals surface area contributed by atoms with Crippen LogP contribution in [0.3, 0.4) is 0 Å². The number of nitrogens with one attached hydrogen (secondary N) is 1. The van der Waals surface area contributed by atoms with E-state index in [1.807, 2.05) is 0 Å². The van der Waals surface area contributed by atoms with Gasteiger partial charge in [0.2, 0.25) is 0 Å². The van der Waals surface area contributed by atoms with Crippen molar-refractivity contribution in [3.05, 3.63) is 28.8 Å². The number of hydrogen-bond donors (Lipinski definition) is 3. The lowest BCUT2D eigenvalue weighted by Crippen LogP contribution is -2.11. The van der Waals surface area contributed by atoms with Gasteiger partial charge >= 0.3 is 5.97 Å². The first-order valence-electron chi connectivity index (χ1n) is 4.62. The Morgan fingerprint density at radius 2 is 2.27 bits per heavy atom. The normalized spacial score (nSPS) is 10.0. The smallest absolute Gasteiger partial charge is 0.337 e. The number of anilines is 1. The second kappa shape index (κ2) is 5.58. The molecule has 5 heteroatoms. The van der Waals surface area contributed by atoms with E-state index in [-0.39, 0.29) is 5.56 Å². The van der Waals surface area contributed by atoms with E-state index in [0.717, 1.165) is 6.42 Å². The van der Waals surface area contributed by atoms with E-state index < -0.39 is 5.97 Å². The molecule has 1 rings (SSSR count). The Labute approximate surface area is 93.0 Å². The van der Waals surface area contributed by atoms with Gasteiger partial charge in [0.15, 0.2) is 0 Å². The average Bonchev–Trinajstić information content (AvgIpc) is 2.20. The molecule has 0 unspecified atom stereocenters. The first-order chi connectivity index (χ1) is 7.15. The summed E-state index contributed by atoms with van der Waals surface area (Å²) in [4.78, 5) is 10.9. The first kappa shape index (κ1) is 11.8. The number of carboxylic acid groups (broad SMARTS) is 1. The number of carbonyl (C=O) groups is 1. The maximum Gasteiger partial charge on any atom is 0.337 e. The van der Waals surface area contributed by atoms with Crippen LogP contribution >= 0.6 is 11.6 Å². The van der Waals surface area contributed by atoms with Crippen molar-refractivity contribution in [1.29, 1.82) is 0 Å². The van der Waals surface area contributed by atoms with Crippen molar-refractivity contribution in [2.24, 2.45) is 5.73 Å². The summed E-state index contributed by atoms with van der Waals surface area (Å²) >= 11 is 5.71.